The normalized spacial score (nSPS) is 10.6. The van der Waals surface area contributed by atoms with Gasteiger partial charge in [0.25, 0.3) is 5.91 Å². The van der Waals surface area contributed by atoms with Crippen LogP contribution in [0, 0.1) is 0 Å². The fraction of sp³-hybridized carbons (Fsp3) is 0.304. The largest absolute Gasteiger partial charge is 0.493 e. The molecule has 0 aliphatic carbocycles. The van der Waals surface area contributed by atoms with Crippen LogP contribution >= 0.6 is 0 Å². The number of nitrogens with one attached hydrogen (secondary N) is 1. The molecule has 0 fully saturated rings. The zero-order valence-electron chi connectivity index (χ0n) is 17.4. The van der Waals surface area contributed by atoms with Crippen LogP contribution in [0.1, 0.15) is 18.1 Å². The molecule has 1 N–H and O–H groups in total. The summed E-state index contributed by atoms with van der Waals surface area (Å²) in [6, 6.07) is 13.2. The van der Waals surface area contributed by atoms with Crippen LogP contribution in [0.25, 0.3) is 10.9 Å². The van der Waals surface area contributed by atoms with Gasteiger partial charge >= 0.3 is 5.97 Å². The van der Waals surface area contributed by atoms with Crippen LogP contribution < -0.4 is 9.47 Å². The van der Waals surface area contributed by atoms with E-state index >= 15 is 0 Å². The van der Waals surface area contributed by atoms with E-state index in [9.17, 15) is 9.59 Å². The molecule has 0 atom stereocenters. The highest BCUT2D eigenvalue weighted by Crippen LogP contribution is 2.28. The Morgan fingerprint density at radius 1 is 1.03 bits per heavy atom. The van der Waals surface area contributed by atoms with Gasteiger partial charge in [0.1, 0.15) is 0 Å². The summed E-state index contributed by atoms with van der Waals surface area (Å²) >= 11 is 0. The van der Waals surface area contributed by atoms with E-state index in [0.717, 1.165) is 22.0 Å². The molecule has 0 bridgehead atoms. The number of carbonyl (C=O) groups excluding carboxylic acids is 2. The van der Waals surface area contributed by atoms with Crippen molar-refractivity contribution < 1.29 is 23.8 Å². The van der Waals surface area contributed by atoms with Crippen LogP contribution in [-0.4, -0.2) is 49.1 Å². The first-order valence-corrected chi connectivity index (χ1v) is 9.75. The van der Waals surface area contributed by atoms with E-state index in [1.165, 1.54) is 0 Å². The quantitative estimate of drug-likeness (QED) is 0.548. The van der Waals surface area contributed by atoms with E-state index in [4.69, 9.17) is 14.2 Å². The van der Waals surface area contributed by atoms with Gasteiger partial charge < -0.3 is 24.1 Å². The Balaban J connectivity index is 1.56. The van der Waals surface area contributed by atoms with Crippen LogP contribution in [0.3, 0.4) is 0 Å². The molecule has 0 spiro atoms. The molecular formula is C23H26N2O5. The molecule has 1 heterocycles. The predicted octanol–water partition coefficient (Wildman–Crippen LogP) is 3.32. The number of hydrogen-bond acceptors (Lipinski definition) is 5. The van der Waals surface area contributed by atoms with E-state index in [0.29, 0.717) is 24.6 Å². The minimum absolute atomic E-state index is 0.110. The summed E-state index contributed by atoms with van der Waals surface area (Å²) in [6.45, 7) is 2.47. The number of aromatic nitrogens is 1. The number of ether oxygens (including phenoxy) is 3. The Morgan fingerprint density at radius 2 is 1.80 bits per heavy atom. The highest BCUT2D eigenvalue weighted by atomic mass is 16.5. The molecule has 0 saturated carbocycles. The van der Waals surface area contributed by atoms with Crippen molar-refractivity contribution in [2.24, 2.45) is 0 Å². The van der Waals surface area contributed by atoms with Gasteiger partial charge in [-0.15, -0.1) is 0 Å². The Labute approximate surface area is 175 Å². The van der Waals surface area contributed by atoms with Crippen molar-refractivity contribution in [3.8, 4) is 11.5 Å². The lowest BCUT2D eigenvalue weighted by molar-refractivity contribution is -0.151. The van der Waals surface area contributed by atoms with E-state index in [2.05, 4.69) is 4.98 Å². The Hall–Kier alpha value is -3.48. The standard InChI is InChI=1S/C23H26N2O5/c1-4-25(14-16-9-10-20(28-2)21(11-16)29-3)22(26)15-30-23(27)12-17-13-24-19-8-6-5-7-18(17)19/h5-11,13,24H,4,12,14-15H2,1-3H3. The highest BCUT2D eigenvalue weighted by Gasteiger charge is 2.17. The lowest BCUT2D eigenvalue weighted by atomic mass is 10.1. The average Bonchev–Trinajstić information content (AvgIpc) is 3.18. The maximum Gasteiger partial charge on any atom is 0.310 e. The molecule has 2 aromatic carbocycles. The summed E-state index contributed by atoms with van der Waals surface area (Å²) in [6.07, 6.45) is 1.91. The molecule has 30 heavy (non-hydrogen) atoms. The third kappa shape index (κ3) is 4.92. The second kappa shape index (κ2) is 9.82. The smallest absolute Gasteiger partial charge is 0.310 e. The number of benzene rings is 2. The van der Waals surface area contributed by atoms with Gasteiger partial charge in [0.2, 0.25) is 0 Å². The Morgan fingerprint density at radius 3 is 2.53 bits per heavy atom. The number of esters is 1. The second-order valence-electron chi connectivity index (χ2n) is 6.79. The molecule has 0 radical (unpaired) electrons. The number of carbonyl (C=O) groups is 2. The minimum atomic E-state index is -0.435. The topological polar surface area (TPSA) is 80.9 Å². The van der Waals surface area contributed by atoms with Gasteiger partial charge in [0, 0.05) is 30.2 Å². The van der Waals surface area contributed by atoms with Crippen LogP contribution in [-0.2, 0) is 27.3 Å². The first-order valence-electron chi connectivity index (χ1n) is 9.75. The van der Waals surface area contributed by atoms with Crippen LogP contribution in [0.5, 0.6) is 11.5 Å². The second-order valence-corrected chi connectivity index (χ2v) is 6.79. The van der Waals surface area contributed by atoms with E-state index < -0.39 is 5.97 Å². The number of aromatic amines is 1. The molecule has 7 heteroatoms. The summed E-state index contributed by atoms with van der Waals surface area (Å²) in [4.78, 5) is 29.6. The summed E-state index contributed by atoms with van der Waals surface area (Å²) in [7, 11) is 3.14. The number of H-pyrrole nitrogens is 1. The first-order chi connectivity index (χ1) is 14.5. The van der Waals surface area contributed by atoms with Crippen molar-refractivity contribution in [2.45, 2.75) is 19.9 Å². The number of amides is 1. The molecule has 0 aliphatic heterocycles. The summed E-state index contributed by atoms with van der Waals surface area (Å²) in [5, 5.41) is 0.976. The molecule has 0 aliphatic rings. The van der Waals surface area contributed by atoms with Crippen molar-refractivity contribution in [2.75, 3.05) is 27.4 Å². The van der Waals surface area contributed by atoms with Gasteiger partial charge in [-0.1, -0.05) is 24.3 Å². The van der Waals surface area contributed by atoms with Crippen molar-refractivity contribution in [3.63, 3.8) is 0 Å². The van der Waals surface area contributed by atoms with Crippen LogP contribution in [0.15, 0.2) is 48.7 Å². The van der Waals surface area contributed by atoms with Gasteiger partial charge in [-0.05, 0) is 36.2 Å². The van der Waals surface area contributed by atoms with E-state index in [1.807, 2.05) is 43.3 Å². The maximum atomic E-state index is 12.6. The monoisotopic (exact) mass is 410 g/mol. The first kappa shape index (κ1) is 21.2. The number of rotatable bonds is 9. The summed E-state index contributed by atoms with van der Waals surface area (Å²) < 4.78 is 15.8. The number of likely N-dealkylation sites (N-methyl/N-ethyl adjacent to an activating group) is 1. The molecule has 3 rings (SSSR count). The Bertz CT molecular complexity index is 1030. The van der Waals surface area contributed by atoms with Crippen molar-refractivity contribution in [3.05, 3.63) is 59.8 Å². The third-order valence-corrected chi connectivity index (χ3v) is 4.92. The molecule has 0 unspecified atom stereocenters. The Kier molecular flexibility index (Phi) is 6.95. The molecule has 158 valence electrons. The van der Waals surface area contributed by atoms with Crippen LogP contribution in [0.2, 0.25) is 0 Å². The molecule has 1 aromatic heterocycles. The number of methoxy groups -OCH3 is 2. The molecule has 1 amide bonds. The van der Waals surface area contributed by atoms with Crippen molar-refractivity contribution >= 4 is 22.8 Å². The van der Waals surface area contributed by atoms with Gasteiger partial charge in [-0.3, -0.25) is 9.59 Å². The average molecular weight is 410 g/mol. The number of para-hydroxylation sites is 1. The number of nitrogens with zero attached hydrogens (tertiary/aromatic N) is 1. The van der Waals surface area contributed by atoms with Crippen molar-refractivity contribution in [1.82, 2.24) is 9.88 Å². The van der Waals surface area contributed by atoms with E-state index in [1.54, 1.807) is 31.4 Å². The molecule has 0 saturated heterocycles. The van der Waals surface area contributed by atoms with Gasteiger partial charge in [-0.25, -0.2) is 0 Å². The predicted molar refractivity (Wildman–Crippen MR) is 114 cm³/mol. The number of hydrogen-bond donors (Lipinski definition) is 1. The van der Waals surface area contributed by atoms with Gasteiger partial charge in [0.05, 0.1) is 20.6 Å². The van der Waals surface area contributed by atoms with Crippen LogP contribution in [0.4, 0.5) is 0 Å². The lowest BCUT2D eigenvalue weighted by Gasteiger charge is -2.21. The third-order valence-electron chi connectivity index (χ3n) is 4.92. The van der Waals surface area contributed by atoms with E-state index in [-0.39, 0.29) is 18.9 Å². The minimum Gasteiger partial charge on any atom is -0.493 e. The molecule has 3 aromatic rings. The molecular weight excluding hydrogens is 384 g/mol. The fourth-order valence-electron chi connectivity index (χ4n) is 3.29. The lowest BCUT2D eigenvalue weighted by Crippen LogP contribution is -2.34. The van der Waals surface area contributed by atoms with Gasteiger partial charge in [0.15, 0.2) is 18.1 Å². The zero-order valence-corrected chi connectivity index (χ0v) is 17.4. The number of fused-ring (bicyclic) bond motifs is 1. The summed E-state index contributed by atoms with van der Waals surface area (Å²) in [5.41, 5.74) is 2.71. The van der Waals surface area contributed by atoms with Gasteiger partial charge in [-0.2, -0.15) is 0 Å². The summed E-state index contributed by atoms with van der Waals surface area (Å²) in [5.74, 6) is 0.542. The highest BCUT2D eigenvalue weighted by molar-refractivity contribution is 5.88. The SMILES string of the molecule is CCN(Cc1ccc(OC)c(OC)c1)C(=O)COC(=O)Cc1c[nH]c2ccccc12. The van der Waals surface area contributed by atoms with Crippen molar-refractivity contribution in [1.29, 1.82) is 0 Å². The maximum absolute atomic E-state index is 12.6. The molecule has 7 nitrogen and oxygen atoms in total. The fourth-order valence-corrected chi connectivity index (χ4v) is 3.29. The zero-order chi connectivity index (χ0) is 21.5.